The van der Waals surface area contributed by atoms with Crippen LogP contribution >= 0.6 is 24.0 Å². The molecular formula is C13H24IN5O2. The summed E-state index contributed by atoms with van der Waals surface area (Å²) in [6.07, 6.45) is 1.14. The molecule has 0 saturated carbocycles. The van der Waals surface area contributed by atoms with Crippen LogP contribution in [0.3, 0.4) is 0 Å². The number of hydrogen-bond acceptors (Lipinski definition) is 5. The lowest BCUT2D eigenvalue weighted by Gasteiger charge is -2.21. The predicted octanol–water partition coefficient (Wildman–Crippen LogP) is 1.43. The third-order valence-electron chi connectivity index (χ3n) is 3.33. The summed E-state index contributed by atoms with van der Waals surface area (Å²) in [4.78, 5) is 10.7. The van der Waals surface area contributed by atoms with Crippen molar-refractivity contribution in [2.75, 3.05) is 33.4 Å². The Morgan fingerprint density at radius 3 is 3.00 bits per heavy atom. The Hall–Kier alpha value is -0.900. The topological polar surface area (TPSA) is 75.8 Å². The lowest BCUT2D eigenvalue weighted by atomic mass is 10.1. The zero-order chi connectivity index (χ0) is 14.4. The van der Waals surface area contributed by atoms with Crippen LogP contribution in [0.2, 0.25) is 0 Å². The number of likely N-dealkylation sites (tertiary alicyclic amines) is 1. The highest BCUT2D eigenvalue weighted by Gasteiger charge is 2.24. The van der Waals surface area contributed by atoms with Crippen molar-refractivity contribution in [3.8, 4) is 0 Å². The maximum Gasteiger partial charge on any atom is 0.223 e. The quantitative estimate of drug-likeness (QED) is 0.451. The molecule has 0 bridgehead atoms. The molecule has 8 heteroatoms. The van der Waals surface area contributed by atoms with Crippen molar-refractivity contribution in [2.24, 2.45) is 10.9 Å². The first-order valence-corrected chi connectivity index (χ1v) is 7.05. The largest absolute Gasteiger partial charge is 0.381 e. The fraction of sp³-hybridized carbons (Fsp3) is 0.769. The Kier molecular flexibility index (Phi) is 7.94. The van der Waals surface area contributed by atoms with Crippen LogP contribution in [0.1, 0.15) is 25.1 Å². The fourth-order valence-corrected chi connectivity index (χ4v) is 2.35. The van der Waals surface area contributed by atoms with Crippen molar-refractivity contribution in [2.45, 2.75) is 26.8 Å². The molecule has 1 aliphatic heterocycles. The minimum Gasteiger partial charge on any atom is -0.381 e. The zero-order valence-electron chi connectivity index (χ0n) is 12.8. The first-order valence-electron chi connectivity index (χ1n) is 7.05. The monoisotopic (exact) mass is 409 g/mol. The zero-order valence-corrected chi connectivity index (χ0v) is 15.2. The number of aromatic nitrogens is 2. The van der Waals surface area contributed by atoms with Gasteiger partial charge in [-0.1, -0.05) is 5.16 Å². The fourth-order valence-electron chi connectivity index (χ4n) is 2.35. The molecule has 1 N–H and O–H groups in total. The second-order valence-corrected chi connectivity index (χ2v) is 4.89. The van der Waals surface area contributed by atoms with E-state index < -0.39 is 0 Å². The second kappa shape index (κ2) is 9.19. The van der Waals surface area contributed by atoms with Gasteiger partial charge in [-0.05, 0) is 13.3 Å². The van der Waals surface area contributed by atoms with Crippen molar-refractivity contribution < 1.29 is 9.26 Å². The minimum absolute atomic E-state index is 0. The third kappa shape index (κ3) is 5.42. The average molecular weight is 409 g/mol. The van der Waals surface area contributed by atoms with Gasteiger partial charge in [0.15, 0.2) is 11.8 Å². The maximum atomic E-state index is 5.49. The lowest BCUT2D eigenvalue weighted by Crippen LogP contribution is -2.40. The van der Waals surface area contributed by atoms with Gasteiger partial charge in [0.05, 0.1) is 13.2 Å². The van der Waals surface area contributed by atoms with E-state index >= 15 is 0 Å². The number of rotatable bonds is 5. The van der Waals surface area contributed by atoms with Gasteiger partial charge in [0.1, 0.15) is 0 Å². The number of guanidine groups is 1. The molecule has 1 fully saturated rings. The molecule has 1 aromatic rings. The first kappa shape index (κ1) is 18.1. The van der Waals surface area contributed by atoms with Gasteiger partial charge in [-0.25, -0.2) is 0 Å². The van der Waals surface area contributed by atoms with Gasteiger partial charge in [0, 0.05) is 39.6 Å². The molecule has 2 rings (SSSR count). The Morgan fingerprint density at radius 2 is 2.38 bits per heavy atom. The predicted molar refractivity (Wildman–Crippen MR) is 90.8 cm³/mol. The third-order valence-corrected chi connectivity index (χ3v) is 3.33. The number of hydrogen-bond donors (Lipinski definition) is 1. The molecule has 21 heavy (non-hydrogen) atoms. The van der Waals surface area contributed by atoms with E-state index in [1.54, 1.807) is 14.0 Å². The van der Waals surface area contributed by atoms with Gasteiger partial charge in [-0.3, -0.25) is 4.99 Å². The van der Waals surface area contributed by atoms with Crippen molar-refractivity contribution in [1.29, 1.82) is 0 Å². The molecule has 1 unspecified atom stereocenters. The molecule has 120 valence electrons. The second-order valence-electron chi connectivity index (χ2n) is 4.89. The standard InChI is InChI=1S/C13H23N5O2.HI/c1-4-19-9-11-5-6-18(8-11)13(14-3)15-7-12-16-10(2)20-17-12;/h11H,4-9H2,1-3H3,(H,14,15);1H. The highest BCUT2D eigenvalue weighted by molar-refractivity contribution is 14.0. The number of nitrogens with zero attached hydrogens (tertiary/aromatic N) is 4. The van der Waals surface area contributed by atoms with E-state index in [9.17, 15) is 0 Å². The molecule has 1 aliphatic rings. The van der Waals surface area contributed by atoms with E-state index in [0.29, 0.717) is 24.2 Å². The van der Waals surface area contributed by atoms with Gasteiger partial charge in [-0.15, -0.1) is 24.0 Å². The van der Waals surface area contributed by atoms with Gasteiger partial charge in [0.25, 0.3) is 0 Å². The van der Waals surface area contributed by atoms with E-state index in [1.165, 1.54) is 0 Å². The highest BCUT2D eigenvalue weighted by Crippen LogP contribution is 2.16. The van der Waals surface area contributed by atoms with E-state index in [-0.39, 0.29) is 24.0 Å². The summed E-state index contributed by atoms with van der Waals surface area (Å²) < 4.78 is 10.4. The highest BCUT2D eigenvalue weighted by atomic mass is 127. The molecule has 0 radical (unpaired) electrons. The number of halogens is 1. The van der Waals surface area contributed by atoms with E-state index in [2.05, 4.69) is 25.3 Å². The SMILES string of the molecule is CCOCC1CCN(C(=NC)NCc2noc(C)n2)C1.I. The lowest BCUT2D eigenvalue weighted by molar-refractivity contribution is 0.114. The van der Waals surface area contributed by atoms with Crippen LogP contribution in [0, 0.1) is 12.8 Å². The van der Waals surface area contributed by atoms with Gasteiger partial charge >= 0.3 is 0 Å². The summed E-state index contributed by atoms with van der Waals surface area (Å²) in [5.74, 6) is 2.69. The van der Waals surface area contributed by atoms with E-state index in [0.717, 1.165) is 38.7 Å². The summed E-state index contributed by atoms with van der Waals surface area (Å²) >= 11 is 0. The smallest absolute Gasteiger partial charge is 0.223 e. The molecule has 1 atom stereocenters. The van der Waals surface area contributed by atoms with Crippen LogP contribution < -0.4 is 5.32 Å². The van der Waals surface area contributed by atoms with E-state index in [1.807, 2.05) is 6.92 Å². The molecule has 7 nitrogen and oxygen atoms in total. The molecule has 0 aliphatic carbocycles. The van der Waals surface area contributed by atoms with Crippen LogP contribution in [0.25, 0.3) is 0 Å². The van der Waals surface area contributed by atoms with Crippen molar-refractivity contribution in [1.82, 2.24) is 20.4 Å². The molecular weight excluding hydrogens is 385 g/mol. The number of aliphatic imine (C=N–C) groups is 1. The molecule has 1 aromatic heterocycles. The van der Waals surface area contributed by atoms with E-state index in [4.69, 9.17) is 9.26 Å². The number of nitrogens with one attached hydrogen (secondary N) is 1. The minimum atomic E-state index is 0. The molecule has 1 saturated heterocycles. The Morgan fingerprint density at radius 1 is 1.57 bits per heavy atom. The summed E-state index contributed by atoms with van der Waals surface area (Å²) in [7, 11) is 1.79. The van der Waals surface area contributed by atoms with Crippen LogP contribution in [0.4, 0.5) is 0 Å². The van der Waals surface area contributed by atoms with Gasteiger partial charge in [-0.2, -0.15) is 4.98 Å². The Balaban J connectivity index is 0.00000220. The first-order chi connectivity index (χ1) is 9.72. The Bertz CT molecular complexity index is 452. The van der Waals surface area contributed by atoms with Crippen LogP contribution in [-0.4, -0.2) is 54.4 Å². The molecule has 0 amide bonds. The molecule has 0 spiro atoms. The summed E-state index contributed by atoms with van der Waals surface area (Å²) in [5, 5.41) is 7.13. The molecule has 0 aromatic carbocycles. The van der Waals surface area contributed by atoms with Gasteiger partial charge in [0.2, 0.25) is 5.89 Å². The number of ether oxygens (including phenoxy) is 1. The van der Waals surface area contributed by atoms with Crippen molar-refractivity contribution in [3.05, 3.63) is 11.7 Å². The van der Waals surface area contributed by atoms with Crippen molar-refractivity contribution in [3.63, 3.8) is 0 Å². The van der Waals surface area contributed by atoms with Crippen LogP contribution in [0.5, 0.6) is 0 Å². The normalized spacial score (nSPS) is 18.7. The maximum absolute atomic E-state index is 5.49. The van der Waals surface area contributed by atoms with Gasteiger partial charge < -0.3 is 19.5 Å². The van der Waals surface area contributed by atoms with Crippen molar-refractivity contribution >= 4 is 29.9 Å². The summed E-state index contributed by atoms with van der Waals surface area (Å²) in [6.45, 7) is 7.92. The average Bonchev–Trinajstić information content (AvgIpc) is 3.07. The van der Waals surface area contributed by atoms with Crippen LogP contribution in [-0.2, 0) is 11.3 Å². The molecule has 2 heterocycles. The summed E-state index contributed by atoms with van der Waals surface area (Å²) in [6, 6.07) is 0. The number of aryl methyl sites for hydroxylation is 1. The van der Waals surface area contributed by atoms with Crippen LogP contribution in [0.15, 0.2) is 9.52 Å². The Labute approximate surface area is 142 Å². The summed E-state index contributed by atoms with van der Waals surface area (Å²) in [5.41, 5.74) is 0.